The second-order valence-electron chi connectivity index (χ2n) is 5.78. The van der Waals surface area contributed by atoms with Gasteiger partial charge in [-0.05, 0) is 30.7 Å². The molecule has 0 radical (unpaired) electrons. The molecule has 3 heterocycles. The lowest BCUT2D eigenvalue weighted by molar-refractivity contribution is 0.0954. The molecule has 1 amide bonds. The number of carbonyl (C=O) groups is 1. The van der Waals surface area contributed by atoms with Crippen molar-refractivity contribution in [1.82, 2.24) is 25.3 Å². The molecule has 25 heavy (non-hydrogen) atoms. The number of aryl methyl sites for hydroxylation is 1. The molecular formula is C18H16FN5O. The fourth-order valence-corrected chi connectivity index (χ4v) is 2.89. The number of imidazole rings is 1. The summed E-state index contributed by atoms with van der Waals surface area (Å²) in [6.45, 7) is 0.477. The fourth-order valence-electron chi connectivity index (χ4n) is 2.89. The van der Waals surface area contributed by atoms with Gasteiger partial charge in [-0.1, -0.05) is 6.07 Å². The van der Waals surface area contributed by atoms with Crippen molar-refractivity contribution in [1.29, 1.82) is 0 Å². The lowest BCUT2D eigenvalue weighted by Crippen LogP contribution is -2.24. The predicted molar refractivity (Wildman–Crippen MR) is 92.8 cm³/mol. The molecule has 0 unspecified atom stereocenters. The van der Waals surface area contributed by atoms with Crippen LogP contribution in [0.3, 0.4) is 0 Å². The number of nitrogens with zero attached hydrogens (tertiary/aromatic N) is 2. The van der Waals surface area contributed by atoms with E-state index in [4.69, 9.17) is 0 Å². The van der Waals surface area contributed by atoms with Gasteiger partial charge < -0.3 is 15.3 Å². The van der Waals surface area contributed by atoms with Gasteiger partial charge >= 0.3 is 0 Å². The van der Waals surface area contributed by atoms with Gasteiger partial charge in [0.1, 0.15) is 11.6 Å². The number of nitrogens with one attached hydrogen (secondary N) is 3. The van der Waals surface area contributed by atoms with E-state index in [1.165, 1.54) is 12.3 Å². The number of hydrogen-bond donors (Lipinski definition) is 3. The molecule has 0 aliphatic heterocycles. The number of aromatic amines is 2. The Hall–Kier alpha value is -3.22. The Morgan fingerprint density at radius 1 is 1.20 bits per heavy atom. The number of hydrogen-bond acceptors (Lipinski definition) is 3. The zero-order chi connectivity index (χ0) is 17.2. The molecule has 0 fully saturated rings. The number of aromatic nitrogens is 4. The summed E-state index contributed by atoms with van der Waals surface area (Å²) < 4.78 is 13.9. The summed E-state index contributed by atoms with van der Waals surface area (Å²) in [7, 11) is 0. The molecule has 0 saturated carbocycles. The maximum absolute atomic E-state index is 13.9. The van der Waals surface area contributed by atoms with Gasteiger partial charge in [0.15, 0.2) is 5.65 Å². The van der Waals surface area contributed by atoms with E-state index in [-0.39, 0.29) is 5.91 Å². The Kier molecular flexibility index (Phi) is 3.89. The number of fused-ring (bicyclic) bond motifs is 2. The molecule has 0 aliphatic rings. The maximum Gasteiger partial charge on any atom is 0.253 e. The first kappa shape index (κ1) is 15.3. The van der Waals surface area contributed by atoms with Gasteiger partial charge in [0, 0.05) is 36.3 Å². The van der Waals surface area contributed by atoms with E-state index in [1.807, 2.05) is 12.1 Å². The van der Waals surface area contributed by atoms with Gasteiger partial charge in [0.25, 0.3) is 5.91 Å². The number of H-pyrrole nitrogens is 2. The molecule has 1 aromatic carbocycles. The number of rotatable bonds is 5. The summed E-state index contributed by atoms with van der Waals surface area (Å²) >= 11 is 0. The predicted octanol–water partition coefficient (Wildman–Crippen LogP) is 2.94. The van der Waals surface area contributed by atoms with Gasteiger partial charge in [-0.15, -0.1) is 0 Å². The van der Waals surface area contributed by atoms with Crippen LogP contribution in [0.2, 0.25) is 0 Å². The van der Waals surface area contributed by atoms with Crippen LogP contribution in [0.15, 0.2) is 42.7 Å². The van der Waals surface area contributed by atoms with Crippen LogP contribution in [0.5, 0.6) is 0 Å². The Morgan fingerprint density at radius 2 is 2.08 bits per heavy atom. The second-order valence-corrected chi connectivity index (χ2v) is 5.78. The molecule has 0 aliphatic carbocycles. The number of benzene rings is 1. The van der Waals surface area contributed by atoms with Crippen LogP contribution in [0.4, 0.5) is 4.39 Å². The highest BCUT2D eigenvalue weighted by Gasteiger charge is 2.14. The molecule has 4 rings (SSSR count). The molecule has 3 N–H and O–H groups in total. The van der Waals surface area contributed by atoms with E-state index in [1.54, 1.807) is 18.3 Å². The zero-order valence-electron chi connectivity index (χ0n) is 13.3. The maximum atomic E-state index is 13.9. The number of halogens is 1. The highest BCUT2D eigenvalue weighted by molar-refractivity contribution is 6.06. The zero-order valence-corrected chi connectivity index (χ0v) is 13.3. The first-order valence-electron chi connectivity index (χ1n) is 8.06. The van der Waals surface area contributed by atoms with Crippen molar-refractivity contribution in [3.63, 3.8) is 0 Å². The van der Waals surface area contributed by atoms with Crippen molar-refractivity contribution in [2.45, 2.75) is 12.8 Å². The van der Waals surface area contributed by atoms with Crippen molar-refractivity contribution < 1.29 is 9.18 Å². The molecule has 0 saturated heterocycles. The van der Waals surface area contributed by atoms with E-state index in [0.717, 1.165) is 17.8 Å². The lowest BCUT2D eigenvalue weighted by Gasteiger charge is -2.04. The number of pyridine rings is 1. The average molecular weight is 337 g/mol. The van der Waals surface area contributed by atoms with Crippen molar-refractivity contribution in [2.24, 2.45) is 0 Å². The Labute approximate surface area is 142 Å². The van der Waals surface area contributed by atoms with Crippen LogP contribution < -0.4 is 5.32 Å². The Bertz CT molecular complexity index is 1020. The van der Waals surface area contributed by atoms with Crippen LogP contribution in [0, 0.1) is 5.82 Å². The highest BCUT2D eigenvalue weighted by Crippen LogP contribution is 2.21. The van der Waals surface area contributed by atoms with Gasteiger partial charge in [0.05, 0.1) is 11.1 Å². The summed E-state index contributed by atoms with van der Waals surface area (Å²) in [6, 6.07) is 8.47. The quantitative estimate of drug-likeness (QED) is 0.489. The molecule has 0 bridgehead atoms. The van der Waals surface area contributed by atoms with Crippen molar-refractivity contribution in [2.75, 3.05) is 6.54 Å². The van der Waals surface area contributed by atoms with E-state index >= 15 is 0 Å². The fraction of sp³-hybridized carbons (Fsp3) is 0.167. The van der Waals surface area contributed by atoms with Crippen LogP contribution in [-0.2, 0) is 6.42 Å². The topological polar surface area (TPSA) is 86.5 Å². The smallest absolute Gasteiger partial charge is 0.253 e. The normalized spacial score (nSPS) is 11.2. The average Bonchev–Trinajstić information content (AvgIpc) is 3.23. The minimum Gasteiger partial charge on any atom is -0.360 e. The number of carbonyl (C=O) groups excluding carboxylic acids is 1. The third-order valence-electron chi connectivity index (χ3n) is 4.08. The van der Waals surface area contributed by atoms with Crippen LogP contribution in [-0.4, -0.2) is 32.4 Å². The molecule has 126 valence electrons. The summed E-state index contributed by atoms with van der Waals surface area (Å²) in [5.41, 5.74) is 2.52. The van der Waals surface area contributed by atoms with Crippen LogP contribution in [0.25, 0.3) is 22.1 Å². The van der Waals surface area contributed by atoms with Crippen LogP contribution >= 0.6 is 0 Å². The second kappa shape index (κ2) is 6.35. The highest BCUT2D eigenvalue weighted by atomic mass is 19.1. The van der Waals surface area contributed by atoms with E-state index < -0.39 is 5.82 Å². The summed E-state index contributed by atoms with van der Waals surface area (Å²) in [6.07, 6.45) is 4.65. The summed E-state index contributed by atoms with van der Waals surface area (Å²) in [5, 5.41) is 3.15. The van der Waals surface area contributed by atoms with Gasteiger partial charge in [-0.2, -0.15) is 0 Å². The van der Waals surface area contributed by atoms with E-state index in [0.29, 0.717) is 35.1 Å². The van der Waals surface area contributed by atoms with E-state index in [2.05, 4.69) is 25.3 Å². The summed E-state index contributed by atoms with van der Waals surface area (Å²) in [5.74, 6) is 0.141. The van der Waals surface area contributed by atoms with Gasteiger partial charge in [0.2, 0.25) is 0 Å². The molecule has 7 heteroatoms. The lowest BCUT2D eigenvalue weighted by atomic mass is 10.1. The first-order valence-corrected chi connectivity index (χ1v) is 8.06. The third-order valence-corrected chi connectivity index (χ3v) is 4.08. The monoisotopic (exact) mass is 337 g/mol. The largest absolute Gasteiger partial charge is 0.360 e. The van der Waals surface area contributed by atoms with Crippen molar-refractivity contribution >= 4 is 28.0 Å². The molecule has 4 aromatic rings. The van der Waals surface area contributed by atoms with Crippen LogP contribution in [0.1, 0.15) is 22.6 Å². The van der Waals surface area contributed by atoms with Gasteiger partial charge in [-0.25, -0.2) is 14.4 Å². The number of amides is 1. The standard InChI is InChI=1S/C18H16FN5O/c19-12-4-1-5-13-16(12)11(10-22-13)18(25)21-9-3-7-15-23-14-6-2-8-20-17(14)24-15/h1-2,4-6,8,10,22H,3,7,9H2,(H,21,25)(H,20,23,24). The summed E-state index contributed by atoms with van der Waals surface area (Å²) in [4.78, 5) is 27.0. The SMILES string of the molecule is O=C(NCCCc1nc2ncccc2[nH]1)c1c[nH]c2cccc(F)c12. The molecule has 0 atom stereocenters. The van der Waals surface area contributed by atoms with Gasteiger partial charge in [-0.3, -0.25) is 4.79 Å². The minimum absolute atomic E-state index is 0.289. The minimum atomic E-state index is -0.404. The Morgan fingerprint density at radius 3 is 2.96 bits per heavy atom. The first-order chi connectivity index (χ1) is 12.2. The molecular weight excluding hydrogens is 321 g/mol. The molecule has 6 nitrogen and oxygen atoms in total. The van der Waals surface area contributed by atoms with Crippen molar-refractivity contribution in [3.8, 4) is 0 Å². The Balaban J connectivity index is 1.37. The molecule has 3 aromatic heterocycles. The van der Waals surface area contributed by atoms with Crippen molar-refractivity contribution in [3.05, 3.63) is 59.9 Å². The van der Waals surface area contributed by atoms with E-state index in [9.17, 15) is 9.18 Å². The molecule has 0 spiro atoms. The third kappa shape index (κ3) is 2.96.